The van der Waals surface area contributed by atoms with Crippen LogP contribution in [-0.2, 0) is 25.7 Å². The molecule has 156 valence electrons. The van der Waals surface area contributed by atoms with Gasteiger partial charge in [-0.3, -0.25) is 39.0 Å². The van der Waals surface area contributed by atoms with E-state index in [0.29, 0.717) is 12.0 Å². The maximum absolute atomic E-state index is 13.0. The van der Waals surface area contributed by atoms with Crippen molar-refractivity contribution in [1.82, 2.24) is 15.5 Å². The number of benzene rings is 1. The molecular formula is C20H19N3O7. The number of carbonyl (C=O) groups is 6. The lowest BCUT2D eigenvalue weighted by atomic mass is 9.77. The quantitative estimate of drug-likeness (QED) is 0.422. The number of hydrogen-bond acceptors (Lipinski definition) is 7. The normalized spacial score (nSPS) is 22.3. The minimum atomic E-state index is -1.63. The summed E-state index contributed by atoms with van der Waals surface area (Å²) in [5.74, 6) is -4.41. The van der Waals surface area contributed by atoms with Crippen molar-refractivity contribution in [2.24, 2.45) is 0 Å². The number of aliphatic hydroxyl groups is 1. The van der Waals surface area contributed by atoms with Crippen molar-refractivity contribution in [3.63, 3.8) is 0 Å². The number of rotatable bonds is 5. The molecule has 0 radical (unpaired) electrons. The van der Waals surface area contributed by atoms with Gasteiger partial charge >= 0.3 is 0 Å². The molecule has 2 heterocycles. The summed E-state index contributed by atoms with van der Waals surface area (Å²) in [7, 11) is 0. The molecule has 3 N–H and O–H groups in total. The maximum Gasteiger partial charge on any atom is 0.290 e. The first-order valence-electron chi connectivity index (χ1n) is 9.61. The first-order valence-corrected chi connectivity index (χ1v) is 9.61. The second-order valence-corrected chi connectivity index (χ2v) is 7.68. The van der Waals surface area contributed by atoms with Crippen LogP contribution in [0.2, 0.25) is 0 Å². The Morgan fingerprint density at radius 2 is 1.90 bits per heavy atom. The number of ketones is 1. The van der Waals surface area contributed by atoms with E-state index in [1.54, 1.807) is 0 Å². The Hall–Kier alpha value is -3.40. The van der Waals surface area contributed by atoms with Gasteiger partial charge in [0.2, 0.25) is 11.8 Å². The molecular weight excluding hydrogens is 394 g/mol. The fourth-order valence-electron chi connectivity index (χ4n) is 3.94. The van der Waals surface area contributed by atoms with Crippen molar-refractivity contribution in [2.75, 3.05) is 0 Å². The molecule has 0 bridgehead atoms. The lowest BCUT2D eigenvalue weighted by Gasteiger charge is -2.33. The third-order valence-corrected chi connectivity index (χ3v) is 5.80. The summed E-state index contributed by atoms with van der Waals surface area (Å²) in [6.45, 7) is -0.202. The van der Waals surface area contributed by atoms with E-state index in [1.807, 2.05) is 0 Å². The van der Waals surface area contributed by atoms with Crippen LogP contribution in [0, 0.1) is 0 Å². The summed E-state index contributed by atoms with van der Waals surface area (Å²) in [5.41, 5.74) is -1.19. The number of piperidine rings is 1. The van der Waals surface area contributed by atoms with Crippen molar-refractivity contribution >= 4 is 35.3 Å². The van der Waals surface area contributed by atoms with Crippen molar-refractivity contribution in [2.45, 2.75) is 50.3 Å². The fraction of sp³-hybridized carbons (Fsp3) is 0.400. The van der Waals surface area contributed by atoms with E-state index < -0.39 is 47.0 Å². The summed E-state index contributed by atoms with van der Waals surface area (Å²) < 4.78 is 0. The Morgan fingerprint density at radius 1 is 1.17 bits per heavy atom. The molecule has 3 aliphatic rings. The van der Waals surface area contributed by atoms with Crippen LogP contribution in [-0.4, -0.2) is 57.0 Å². The Labute approximate surface area is 170 Å². The smallest absolute Gasteiger partial charge is 0.290 e. The summed E-state index contributed by atoms with van der Waals surface area (Å²) in [6, 6.07) is 3.41. The summed E-state index contributed by atoms with van der Waals surface area (Å²) in [6.07, 6.45) is 1.17. The monoisotopic (exact) mass is 413 g/mol. The van der Waals surface area contributed by atoms with Crippen molar-refractivity contribution in [1.29, 1.82) is 0 Å². The van der Waals surface area contributed by atoms with Crippen LogP contribution < -0.4 is 10.6 Å². The van der Waals surface area contributed by atoms with Gasteiger partial charge in [-0.25, -0.2) is 0 Å². The van der Waals surface area contributed by atoms with E-state index in [9.17, 15) is 33.9 Å². The minimum absolute atomic E-state index is 0.0117. The largest absolute Gasteiger partial charge is 0.381 e. The zero-order chi connectivity index (χ0) is 21.6. The maximum atomic E-state index is 13.0. The van der Waals surface area contributed by atoms with Gasteiger partial charge in [0, 0.05) is 13.0 Å². The third kappa shape index (κ3) is 3.09. The van der Waals surface area contributed by atoms with Gasteiger partial charge in [0.1, 0.15) is 11.6 Å². The van der Waals surface area contributed by atoms with Crippen molar-refractivity contribution in [3.05, 3.63) is 34.9 Å². The topological polar surface area (TPSA) is 150 Å². The molecule has 30 heavy (non-hydrogen) atoms. The van der Waals surface area contributed by atoms with Gasteiger partial charge in [-0.15, -0.1) is 0 Å². The van der Waals surface area contributed by atoms with E-state index in [1.165, 1.54) is 18.2 Å². The highest BCUT2D eigenvalue weighted by atomic mass is 16.3. The molecule has 1 aromatic carbocycles. The molecule has 10 nitrogen and oxygen atoms in total. The molecule has 0 aromatic heterocycles. The number of carbonyl (C=O) groups excluding carboxylic acids is 6. The molecule has 1 unspecified atom stereocenters. The van der Waals surface area contributed by atoms with Gasteiger partial charge in [-0.2, -0.15) is 0 Å². The van der Waals surface area contributed by atoms with Gasteiger partial charge in [0.15, 0.2) is 0 Å². The van der Waals surface area contributed by atoms with E-state index in [0.717, 1.165) is 4.90 Å². The molecule has 1 aliphatic carbocycles. The van der Waals surface area contributed by atoms with Crippen molar-refractivity contribution in [3.8, 4) is 0 Å². The number of imide groups is 2. The highest BCUT2D eigenvalue weighted by Gasteiger charge is 2.46. The van der Waals surface area contributed by atoms with E-state index in [2.05, 4.69) is 10.6 Å². The van der Waals surface area contributed by atoms with Crippen LogP contribution in [0.15, 0.2) is 18.2 Å². The predicted molar refractivity (Wildman–Crippen MR) is 98.8 cm³/mol. The van der Waals surface area contributed by atoms with E-state index in [4.69, 9.17) is 0 Å². The molecule has 5 amide bonds. The van der Waals surface area contributed by atoms with Crippen molar-refractivity contribution < 1.29 is 33.9 Å². The molecule has 4 rings (SSSR count). The lowest BCUT2D eigenvalue weighted by Crippen LogP contribution is -2.54. The van der Waals surface area contributed by atoms with Crippen LogP contribution in [0.3, 0.4) is 0 Å². The van der Waals surface area contributed by atoms with Gasteiger partial charge < -0.3 is 10.4 Å². The molecule has 2 aliphatic heterocycles. The standard InChI is InChI=1S/C20H19N3O7/c24-13-6-5-12(16(26)22-13)23-18(28)11-4-1-3-10(14(11)19(23)29)9-21-17(27)15(25)20(30)7-2-8-20/h1,3-4,12,30H,2,5-9H2,(H,21,27)(H,22,24,26). The van der Waals surface area contributed by atoms with Crippen LogP contribution in [0.25, 0.3) is 0 Å². The number of fused-ring (bicyclic) bond motifs is 1. The fourth-order valence-corrected chi connectivity index (χ4v) is 3.94. The average molecular weight is 413 g/mol. The highest BCUT2D eigenvalue weighted by molar-refractivity contribution is 6.39. The molecule has 1 saturated heterocycles. The zero-order valence-electron chi connectivity index (χ0n) is 15.9. The number of hydrogen-bond donors (Lipinski definition) is 3. The summed E-state index contributed by atoms with van der Waals surface area (Å²) in [5, 5.41) is 14.5. The van der Waals surface area contributed by atoms with Crippen LogP contribution in [0.1, 0.15) is 58.4 Å². The Balaban J connectivity index is 1.53. The highest BCUT2D eigenvalue weighted by Crippen LogP contribution is 2.33. The summed E-state index contributed by atoms with van der Waals surface area (Å²) in [4.78, 5) is 74.3. The molecule has 1 aromatic rings. The van der Waals surface area contributed by atoms with Crippen LogP contribution >= 0.6 is 0 Å². The van der Waals surface area contributed by atoms with E-state index in [-0.39, 0.29) is 43.4 Å². The Morgan fingerprint density at radius 3 is 2.53 bits per heavy atom. The lowest BCUT2D eigenvalue weighted by molar-refractivity contribution is -0.155. The van der Waals surface area contributed by atoms with Gasteiger partial charge in [0.25, 0.3) is 23.5 Å². The molecule has 10 heteroatoms. The summed E-state index contributed by atoms with van der Waals surface area (Å²) >= 11 is 0. The molecule has 2 fully saturated rings. The number of nitrogens with zero attached hydrogens (tertiary/aromatic N) is 1. The third-order valence-electron chi connectivity index (χ3n) is 5.80. The predicted octanol–water partition coefficient (Wildman–Crippen LogP) is -0.812. The van der Waals surface area contributed by atoms with Crippen LogP contribution in [0.5, 0.6) is 0 Å². The SMILES string of the molecule is O=C1CCC(N2C(=O)c3cccc(CNC(=O)C(=O)C4(O)CCC4)c3C2=O)C(=O)N1. The number of amides is 5. The minimum Gasteiger partial charge on any atom is -0.381 e. The first kappa shape index (κ1) is 19.9. The number of Topliss-reactive ketones (excluding diaryl/α,β-unsaturated/α-hetero) is 1. The van der Waals surface area contributed by atoms with Crippen LogP contribution in [0.4, 0.5) is 0 Å². The Kier molecular flexibility index (Phi) is 4.73. The van der Waals surface area contributed by atoms with Gasteiger partial charge in [-0.1, -0.05) is 12.1 Å². The molecule has 1 saturated carbocycles. The van der Waals surface area contributed by atoms with Gasteiger partial charge in [-0.05, 0) is 37.3 Å². The Bertz CT molecular complexity index is 1010. The second-order valence-electron chi connectivity index (χ2n) is 7.68. The average Bonchev–Trinajstić information content (AvgIpc) is 2.95. The zero-order valence-corrected chi connectivity index (χ0v) is 15.9. The van der Waals surface area contributed by atoms with Gasteiger partial charge in [0.05, 0.1) is 11.1 Å². The van der Waals surface area contributed by atoms with E-state index >= 15 is 0 Å². The molecule has 1 atom stereocenters. The second kappa shape index (κ2) is 7.13. The number of nitrogens with one attached hydrogen (secondary N) is 2. The molecule has 0 spiro atoms. The first-order chi connectivity index (χ1) is 14.2.